The van der Waals surface area contributed by atoms with Crippen molar-refractivity contribution < 1.29 is 4.79 Å². The van der Waals surface area contributed by atoms with Crippen molar-refractivity contribution >= 4 is 22.3 Å². The molecule has 5 nitrogen and oxygen atoms in total. The fraction of sp³-hybridized carbons (Fsp3) is 0.190. The number of hydrogen-bond donors (Lipinski definition) is 0. The van der Waals surface area contributed by atoms with E-state index in [1.807, 2.05) is 70.1 Å². The maximum Gasteiger partial charge on any atom is 0.254 e. The Bertz CT molecular complexity index is 1120. The standard InChI is InChI=1S/C21H18N4O/c26-21(17-11-10-15-6-1-2-7-16(15)14-17)24-13-5-8-18(24)20-23-22-19-9-3-4-12-25(19)20/h1-4,6-7,9-12,14,18H,5,8,13H2/t18-/m0/s1. The van der Waals surface area contributed by atoms with E-state index in [0.29, 0.717) is 0 Å². The quantitative estimate of drug-likeness (QED) is 0.556. The van der Waals surface area contributed by atoms with Crippen molar-refractivity contribution in [2.24, 2.45) is 0 Å². The van der Waals surface area contributed by atoms with Crippen LogP contribution < -0.4 is 0 Å². The maximum atomic E-state index is 13.2. The molecule has 128 valence electrons. The molecule has 0 unspecified atom stereocenters. The lowest BCUT2D eigenvalue weighted by Gasteiger charge is -2.23. The average Bonchev–Trinajstić information content (AvgIpc) is 3.33. The molecule has 2 aromatic carbocycles. The molecule has 0 aliphatic carbocycles. The van der Waals surface area contributed by atoms with Crippen LogP contribution in [0.5, 0.6) is 0 Å². The van der Waals surface area contributed by atoms with E-state index >= 15 is 0 Å². The van der Waals surface area contributed by atoms with E-state index in [9.17, 15) is 4.79 Å². The van der Waals surface area contributed by atoms with Crippen LogP contribution in [0.25, 0.3) is 16.4 Å². The van der Waals surface area contributed by atoms with E-state index in [2.05, 4.69) is 16.3 Å². The van der Waals surface area contributed by atoms with Crippen LogP contribution >= 0.6 is 0 Å². The Kier molecular flexibility index (Phi) is 3.45. The molecule has 1 aliphatic rings. The highest BCUT2D eigenvalue weighted by atomic mass is 16.2. The molecule has 5 heteroatoms. The first-order chi connectivity index (χ1) is 12.8. The lowest BCUT2D eigenvalue weighted by atomic mass is 10.1. The third-order valence-corrected chi connectivity index (χ3v) is 5.15. The van der Waals surface area contributed by atoms with Gasteiger partial charge in [-0.1, -0.05) is 36.4 Å². The predicted molar refractivity (Wildman–Crippen MR) is 99.9 cm³/mol. The molecule has 1 atom stereocenters. The number of fused-ring (bicyclic) bond motifs is 2. The topological polar surface area (TPSA) is 50.5 Å². The zero-order chi connectivity index (χ0) is 17.5. The molecule has 1 amide bonds. The Hall–Kier alpha value is -3.21. The summed E-state index contributed by atoms with van der Waals surface area (Å²) in [5.74, 6) is 0.901. The first-order valence-corrected chi connectivity index (χ1v) is 8.91. The highest BCUT2D eigenvalue weighted by molar-refractivity contribution is 5.98. The van der Waals surface area contributed by atoms with Crippen LogP contribution in [0.2, 0.25) is 0 Å². The smallest absolute Gasteiger partial charge is 0.254 e. The highest BCUT2D eigenvalue weighted by Gasteiger charge is 2.33. The Morgan fingerprint density at radius 1 is 0.962 bits per heavy atom. The largest absolute Gasteiger partial charge is 0.328 e. The third-order valence-electron chi connectivity index (χ3n) is 5.15. The summed E-state index contributed by atoms with van der Waals surface area (Å²) in [6, 6.07) is 19.8. The van der Waals surface area contributed by atoms with Crippen molar-refractivity contribution in [3.8, 4) is 0 Å². The second-order valence-electron chi connectivity index (χ2n) is 6.71. The van der Waals surface area contributed by atoms with Crippen molar-refractivity contribution in [3.63, 3.8) is 0 Å². The summed E-state index contributed by atoms with van der Waals surface area (Å²) in [4.78, 5) is 15.1. The summed E-state index contributed by atoms with van der Waals surface area (Å²) >= 11 is 0. The molecule has 0 radical (unpaired) electrons. The maximum absolute atomic E-state index is 13.2. The van der Waals surface area contributed by atoms with Gasteiger partial charge in [-0.2, -0.15) is 0 Å². The van der Waals surface area contributed by atoms with E-state index in [4.69, 9.17) is 0 Å². The molecule has 4 aromatic rings. The van der Waals surface area contributed by atoms with Crippen LogP contribution in [-0.2, 0) is 0 Å². The van der Waals surface area contributed by atoms with Crippen LogP contribution in [0.3, 0.4) is 0 Å². The average molecular weight is 342 g/mol. The monoisotopic (exact) mass is 342 g/mol. The zero-order valence-electron chi connectivity index (χ0n) is 14.2. The fourth-order valence-electron chi connectivity index (χ4n) is 3.85. The van der Waals surface area contributed by atoms with Gasteiger partial charge >= 0.3 is 0 Å². The summed E-state index contributed by atoms with van der Waals surface area (Å²) in [6.07, 6.45) is 3.85. The number of hydrogen-bond acceptors (Lipinski definition) is 3. The van der Waals surface area contributed by atoms with E-state index in [-0.39, 0.29) is 11.9 Å². The Balaban J connectivity index is 1.52. The van der Waals surface area contributed by atoms with Gasteiger partial charge in [0, 0.05) is 18.3 Å². The number of aromatic nitrogens is 3. The lowest BCUT2D eigenvalue weighted by Crippen LogP contribution is -2.31. The van der Waals surface area contributed by atoms with Gasteiger partial charge in [0.2, 0.25) is 0 Å². The number of nitrogens with zero attached hydrogens (tertiary/aromatic N) is 4. The number of carbonyl (C=O) groups is 1. The zero-order valence-corrected chi connectivity index (χ0v) is 14.2. The van der Waals surface area contributed by atoms with E-state index in [1.54, 1.807) is 0 Å². The van der Waals surface area contributed by atoms with Gasteiger partial charge in [-0.05, 0) is 47.9 Å². The van der Waals surface area contributed by atoms with E-state index < -0.39 is 0 Å². The first-order valence-electron chi connectivity index (χ1n) is 8.91. The summed E-state index contributed by atoms with van der Waals surface area (Å²) in [7, 11) is 0. The highest BCUT2D eigenvalue weighted by Crippen LogP contribution is 2.32. The fourth-order valence-corrected chi connectivity index (χ4v) is 3.85. The van der Waals surface area contributed by atoms with Gasteiger partial charge in [0.25, 0.3) is 5.91 Å². The molecular weight excluding hydrogens is 324 g/mol. The van der Waals surface area contributed by atoms with Gasteiger partial charge in [0.15, 0.2) is 11.5 Å². The van der Waals surface area contributed by atoms with Gasteiger partial charge in [0.1, 0.15) is 0 Å². The van der Waals surface area contributed by atoms with Gasteiger partial charge in [-0.25, -0.2) is 0 Å². The number of amides is 1. The van der Waals surface area contributed by atoms with Gasteiger partial charge in [-0.15, -0.1) is 10.2 Å². The molecule has 1 fully saturated rings. The van der Waals surface area contributed by atoms with Crippen LogP contribution in [0, 0.1) is 0 Å². The SMILES string of the molecule is O=C(c1ccc2ccccc2c1)N1CCC[C@H]1c1nnc2ccccn12. The first kappa shape index (κ1) is 15.1. The molecular formula is C21H18N4O. The predicted octanol–water partition coefficient (Wildman–Crippen LogP) is 3.86. The minimum Gasteiger partial charge on any atom is -0.328 e. The molecule has 1 aliphatic heterocycles. The van der Waals surface area contributed by atoms with Crippen molar-refractivity contribution in [1.82, 2.24) is 19.5 Å². The van der Waals surface area contributed by atoms with Crippen molar-refractivity contribution in [2.45, 2.75) is 18.9 Å². The number of carbonyl (C=O) groups excluding carboxylic acids is 1. The van der Waals surface area contributed by atoms with Crippen molar-refractivity contribution in [1.29, 1.82) is 0 Å². The number of pyridine rings is 1. The summed E-state index contributed by atoms with van der Waals surface area (Å²) in [6.45, 7) is 0.748. The van der Waals surface area contributed by atoms with Crippen LogP contribution in [-0.4, -0.2) is 31.9 Å². The number of rotatable bonds is 2. The van der Waals surface area contributed by atoms with Crippen molar-refractivity contribution in [2.75, 3.05) is 6.54 Å². The van der Waals surface area contributed by atoms with E-state index in [0.717, 1.165) is 47.2 Å². The molecule has 0 N–H and O–H groups in total. The van der Waals surface area contributed by atoms with Gasteiger partial charge in [-0.3, -0.25) is 9.20 Å². The van der Waals surface area contributed by atoms with Crippen molar-refractivity contribution in [3.05, 3.63) is 78.2 Å². The summed E-state index contributed by atoms with van der Waals surface area (Å²) < 4.78 is 1.98. The van der Waals surface area contributed by atoms with Crippen LogP contribution in [0.4, 0.5) is 0 Å². The molecule has 2 aromatic heterocycles. The van der Waals surface area contributed by atoms with Crippen LogP contribution in [0.15, 0.2) is 66.9 Å². The summed E-state index contributed by atoms with van der Waals surface area (Å²) in [5, 5.41) is 10.8. The Morgan fingerprint density at radius 2 is 1.81 bits per heavy atom. The number of likely N-dealkylation sites (tertiary alicyclic amines) is 1. The third kappa shape index (κ3) is 2.36. The number of benzene rings is 2. The lowest BCUT2D eigenvalue weighted by molar-refractivity contribution is 0.0729. The molecule has 0 bridgehead atoms. The molecule has 1 saturated heterocycles. The summed E-state index contributed by atoms with van der Waals surface area (Å²) in [5.41, 5.74) is 1.54. The molecule has 3 heterocycles. The second kappa shape index (κ2) is 5.95. The molecule has 0 spiro atoms. The second-order valence-corrected chi connectivity index (χ2v) is 6.71. The van der Waals surface area contributed by atoms with Gasteiger partial charge < -0.3 is 4.90 Å². The minimum atomic E-state index is -0.0358. The normalized spacial score (nSPS) is 17.2. The minimum absolute atomic E-state index is 0.0358. The van der Waals surface area contributed by atoms with Crippen LogP contribution in [0.1, 0.15) is 35.1 Å². The Morgan fingerprint density at radius 3 is 2.73 bits per heavy atom. The molecule has 0 saturated carbocycles. The van der Waals surface area contributed by atoms with E-state index in [1.165, 1.54) is 0 Å². The van der Waals surface area contributed by atoms with Gasteiger partial charge in [0.05, 0.1) is 6.04 Å². The Labute approximate surface area is 150 Å². The molecule has 26 heavy (non-hydrogen) atoms. The molecule has 5 rings (SSSR count).